The van der Waals surface area contributed by atoms with E-state index in [0.717, 1.165) is 43.9 Å². The molecule has 1 spiro atoms. The normalized spacial score (nSPS) is 17.2. The third kappa shape index (κ3) is 10.7. The van der Waals surface area contributed by atoms with Gasteiger partial charge < -0.3 is 28.9 Å². The van der Waals surface area contributed by atoms with Crippen molar-refractivity contribution in [1.29, 1.82) is 0 Å². The molecule has 5 aromatic carbocycles. The van der Waals surface area contributed by atoms with Crippen molar-refractivity contribution in [3.63, 3.8) is 0 Å². The van der Waals surface area contributed by atoms with E-state index in [1.54, 1.807) is 0 Å². The maximum absolute atomic E-state index is 6.56. The van der Waals surface area contributed by atoms with Crippen molar-refractivity contribution in [3.8, 4) is 0 Å². The topological polar surface area (TPSA) is 7.68 Å². The summed E-state index contributed by atoms with van der Waals surface area (Å²) in [6.45, 7) is 19.5. The van der Waals surface area contributed by atoms with Gasteiger partial charge in [0.25, 0.3) is 0 Å². The maximum Gasteiger partial charge on any atom is -1.00 e. The number of anilines is 1. The maximum atomic E-state index is 6.56. The molecule has 0 aromatic heterocycles. The first-order valence-corrected chi connectivity index (χ1v) is 25.1. The van der Waals surface area contributed by atoms with Crippen molar-refractivity contribution < 1.29 is 42.4 Å². The molecule has 2 aliphatic rings. The van der Waals surface area contributed by atoms with Crippen LogP contribution in [0.5, 0.6) is 0 Å². The van der Waals surface area contributed by atoms with Gasteiger partial charge in [-0.3, -0.25) is 0 Å². The molecule has 55 heavy (non-hydrogen) atoms. The van der Waals surface area contributed by atoms with Crippen LogP contribution in [0.3, 0.4) is 0 Å². The van der Waals surface area contributed by atoms with Crippen molar-refractivity contribution >= 4 is 41.3 Å². The molecule has 1 atom stereocenters. The van der Waals surface area contributed by atoms with E-state index < -0.39 is 13.5 Å². The molecule has 1 aliphatic heterocycles. The molecule has 5 aromatic rings. The number of rotatable bonds is 10. The summed E-state index contributed by atoms with van der Waals surface area (Å²) < 4.78 is 2.05. The number of para-hydroxylation sites is 1. The van der Waals surface area contributed by atoms with Gasteiger partial charge in [0.05, 0.1) is 0 Å². The summed E-state index contributed by atoms with van der Waals surface area (Å²) in [4.78, 5) is 4.11. The fourth-order valence-electron chi connectivity index (χ4n) is 8.67. The van der Waals surface area contributed by atoms with Gasteiger partial charge in [-0.25, -0.2) is 6.54 Å². The number of halogens is 4. The molecule has 0 saturated carbocycles. The predicted molar refractivity (Wildman–Crippen MR) is 230 cm³/mol. The largest absolute Gasteiger partial charge is 1.00 e. The van der Waals surface area contributed by atoms with E-state index in [9.17, 15) is 0 Å². The molecule has 2 nitrogen and oxygen atoms in total. The van der Waals surface area contributed by atoms with Gasteiger partial charge in [0, 0.05) is 16.2 Å². The zero-order valence-electron chi connectivity index (χ0n) is 32.9. The summed E-state index contributed by atoms with van der Waals surface area (Å²) in [5.41, 5.74) is 12.5. The third-order valence-corrected chi connectivity index (χ3v) is 13.3. The summed E-state index contributed by atoms with van der Waals surface area (Å²) in [5.74, 6) is 1.000. The predicted octanol–water partition coefficient (Wildman–Crippen LogP) is 9.17. The van der Waals surface area contributed by atoms with Gasteiger partial charge in [-0.15, -0.1) is 5.41 Å². The van der Waals surface area contributed by atoms with Crippen molar-refractivity contribution in [1.82, 2.24) is 0 Å². The molecule has 1 saturated heterocycles. The van der Waals surface area contributed by atoms with Gasteiger partial charge in [-0.1, -0.05) is 81.6 Å². The van der Waals surface area contributed by atoms with Crippen LogP contribution < -0.4 is 33.8 Å². The molecule has 1 fully saturated rings. The average Bonchev–Trinajstić information content (AvgIpc) is 3.64. The molecule has 7 heteroatoms. The zero-order valence-corrected chi connectivity index (χ0v) is 39.1. The molecular formula is C48H55Cl3IN2Ru-. The summed E-state index contributed by atoms with van der Waals surface area (Å²) in [6, 6.07) is 43.1. The van der Waals surface area contributed by atoms with E-state index >= 15 is 0 Å². The Labute approximate surface area is 366 Å². The molecule has 1 unspecified atom stereocenters. The molecule has 7 rings (SSSR count). The van der Waals surface area contributed by atoms with Crippen molar-refractivity contribution in [2.75, 3.05) is 4.90 Å². The molecule has 1 N–H and O–H groups in total. The molecule has 1 heterocycles. The van der Waals surface area contributed by atoms with Crippen LogP contribution in [0, 0.1) is 6.54 Å². The molecule has 1 aliphatic carbocycles. The Morgan fingerprint density at radius 2 is 1.27 bits per heavy atom. The second-order valence-electron chi connectivity index (χ2n) is 16.3. The number of fused-ring (bicyclic) bond motifs is 2. The van der Waals surface area contributed by atoms with E-state index in [1.165, 1.54) is 55.1 Å². The van der Waals surface area contributed by atoms with Gasteiger partial charge >= 0.3 is 169 Å². The smallest absolute Gasteiger partial charge is 1.00 e. The molecule has 0 bridgehead atoms. The van der Waals surface area contributed by atoms with Crippen LogP contribution in [0.4, 0.5) is 5.69 Å². The van der Waals surface area contributed by atoms with Crippen LogP contribution in [0.2, 0.25) is 5.02 Å². The van der Waals surface area contributed by atoms with Crippen molar-refractivity contribution in [3.05, 3.63) is 177 Å². The second-order valence-corrected chi connectivity index (χ2v) is 22.4. The fourth-order valence-corrected chi connectivity index (χ4v) is 10.8. The van der Waals surface area contributed by atoms with E-state index in [-0.39, 0.29) is 34.9 Å². The summed E-state index contributed by atoms with van der Waals surface area (Å²) in [5, 5.41) is 0.935. The first-order chi connectivity index (χ1) is 25.9. The third-order valence-electron chi connectivity index (χ3n) is 11.1. The summed E-state index contributed by atoms with van der Waals surface area (Å²) in [7, 11) is 12.3. The Balaban J connectivity index is 0.000000208. The first kappa shape index (κ1) is 44.1. The number of benzene rings is 5. The minimum absolute atomic E-state index is 0. The van der Waals surface area contributed by atoms with E-state index in [0.29, 0.717) is 11.8 Å². The zero-order chi connectivity index (χ0) is 38.5. The van der Waals surface area contributed by atoms with Gasteiger partial charge in [0.1, 0.15) is 0 Å². The number of nitrogens with one attached hydrogen (secondary N) is 1. The Morgan fingerprint density at radius 1 is 0.727 bits per heavy atom. The quantitative estimate of drug-likeness (QED) is 0.0835. The van der Waals surface area contributed by atoms with E-state index in [2.05, 4.69) is 168 Å². The van der Waals surface area contributed by atoms with Crippen LogP contribution in [0.25, 0.3) is 0 Å². The monoisotopic (exact) mass is 993 g/mol. The van der Waals surface area contributed by atoms with Gasteiger partial charge in [-0.05, 0) is 61.3 Å². The molecule has 294 valence electrons. The number of hydrogen-bond donors (Lipinski definition) is 1. The first-order valence-electron chi connectivity index (χ1n) is 19.3. The fraction of sp³-hybridized carbons (Fsp3) is 0.333. The minimum Gasteiger partial charge on any atom is -1.00 e. The standard InChI is InChI=1S/C26H33ClN.C22H21N.2ClH.HI.Ru/c1-17(2)19-9-7-10-20(18(3)4)24(19)28-16-26(15-25(28,5)6)14-13-21-22(26)11-8-12-23(21)27;1-19-10-8-9-15-22(19)18-23(16-20-11-4-2-5-12-20)17-21-13-6-3-7-14-21;;;;/h7-12,16-18H,13-15H2,1-6H3;1-15H,16-18H2;3*1H;/q-1;;;;;+2/p-2. The number of quaternary nitrogens is 1. The number of hydrogen-bond acceptors (Lipinski definition) is 1. The van der Waals surface area contributed by atoms with Crippen LogP contribution in [-0.4, -0.2) is 10.1 Å². The second kappa shape index (κ2) is 19.6. The van der Waals surface area contributed by atoms with Crippen LogP contribution >= 0.6 is 31.0 Å². The van der Waals surface area contributed by atoms with Crippen LogP contribution in [0.15, 0.2) is 121 Å². The Hall–Kier alpha value is -2.05. The molecular weight excluding hydrogens is 939 g/mol. The molecule has 0 radical (unpaired) electrons. The van der Waals surface area contributed by atoms with Gasteiger partial charge in [0.15, 0.2) is 0 Å². The van der Waals surface area contributed by atoms with Gasteiger partial charge in [-0.2, -0.15) is 0 Å². The van der Waals surface area contributed by atoms with Crippen molar-refractivity contribution in [2.24, 2.45) is 0 Å². The Morgan fingerprint density at radius 3 is 1.84 bits per heavy atom. The SMILES string of the molecule is CC(C)c1cccc(C(C)C)c1N1[CH-]C2(CCc3c(Cl)cccc32)CC1(C)C.[Cl][Ru]([Cl])=[CH]c1ccccc1C[NH+](Cc1ccccc1)Cc1ccccc1.[I-]. The van der Waals surface area contributed by atoms with E-state index in [1.807, 2.05) is 10.7 Å². The summed E-state index contributed by atoms with van der Waals surface area (Å²) in [6.07, 6.45) is 3.38. The number of nitrogens with zero attached hydrogens (tertiary/aromatic N) is 1. The van der Waals surface area contributed by atoms with Crippen molar-refractivity contribution in [2.45, 2.75) is 103 Å². The Bertz CT molecular complexity index is 1980. The average molecular weight is 994 g/mol. The van der Waals surface area contributed by atoms with Gasteiger partial charge in [0.2, 0.25) is 0 Å². The Kier molecular flexibility index (Phi) is 15.7. The van der Waals surface area contributed by atoms with Crippen LogP contribution in [0.1, 0.15) is 111 Å². The van der Waals surface area contributed by atoms with E-state index in [4.69, 9.17) is 31.0 Å². The molecule has 0 amide bonds. The minimum atomic E-state index is -1.84. The summed E-state index contributed by atoms with van der Waals surface area (Å²) >= 11 is 4.72. The van der Waals surface area contributed by atoms with Crippen LogP contribution in [-0.2, 0) is 45.0 Å².